The largest absolute Gasteiger partial charge is 0.444 e. The van der Waals surface area contributed by atoms with Crippen LogP contribution >= 0.6 is 0 Å². The number of carbonyl (C=O) groups excluding carboxylic acids is 2. The van der Waals surface area contributed by atoms with E-state index in [1.807, 2.05) is 11.8 Å². The molecule has 1 unspecified atom stereocenters. The molecule has 1 aromatic carbocycles. The number of rotatable bonds is 8. The standard InChI is InChI=1S/C29H38N6O3/c1-4-25(36)33-14-16-34(17-15-33)26(22-8-6-7-9-22)23-12-10-21(11-13-23)20(3)31-28-30-18-24-19-38-29(37)35(5-2)27(24)32-28/h4,10-13,18,20,22,26H,1,5-9,14-17,19H2,2-3H3,(H,30,31,32)/t20-,26?/m0/s1. The zero-order chi connectivity index (χ0) is 26.6. The molecule has 9 nitrogen and oxygen atoms in total. The molecule has 38 heavy (non-hydrogen) atoms. The summed E-state index contributed by atoms with van der Waals surface area (Å²) in [5.74, 6) is 1.77. The van der Waals surface area contributed by atoms with Crippen LogP contribution in [0.1, 0.15) is 68.3 Å². The molecular weight excluding hydrogens is 480 g/mol. The van der Waals surface area contributed by atoms with E-state index in [1.165, 1.54) is 42.2 Å². The van der Waals surface area contributed by atoms with Gasteiger partial charge in [-0.05, 0) is 49.8 Å². The minimum Gasteiger partial charge on any atom is -0.444 e. The first-order chi connectivity index (χ1) is 18.5. The maximum atomic E-state index is 12.1. The van der Waals surface area contributed by atoms with Gasteiger partial charge >= 0.3 is 6.09 Å². The second kappa shape index (κ2) is 11.5. The van der Waals surface area contributed by atoms with Crippen molar-refractivity contribution in [1.82, 2.24) is 19.8 Å². The van der Waals surface area contributed by atoms with E-state index in [1.54, 1.807) is 6.20 Å². The third-order valence-electron chi connectivity index (χ3n) is 8.15. The summed E-state index contributed by atoms with van der Waals surface area (Å²) >= 11 is 0. The molecule has 202 valence electrons. The maximum absolute atomic E-state index is 12.1. The van der Waals surface area contributed by atoms with Gasteiger partial charge in [0, 0.05) is 45.0 Å². The number of amides is 2. The van der Waals surface area contributed by atoms with Crippen LogP contribution in [0.15, 0.2) is 43.1 Å². The number of carbonyl (C=O) groups is 2. The van der Waals surface area contributed by atoms with Gasteiger partial charge in [-0.1, -0.05) is 43.7 Å². The first kappa shape index (κ1) is 26.2. The van der Waals surface area contributed by atoms with Crippen molar-refractivity contribution >= 4 is 23.8 Å². The van der Waals surface area contributed by atoms with Gasteiger partial charge in [-0.15, -0.1) is 0 Å². The van der Waals surface area contributed by atoms with E-state index in [0.29, 0.717) is 30.3 Å². The highest BCUT2D eigenvalue weighted by Crippen LogP contribution is 2.40. The number of nitrogens with zero attached hydrogens (tertiary/aromatic N) is 5. The summed E-state index contributed by atoms with van der Waals surface area (Å²) in [6.07, 6.45) is 7.87. The zero-order valence-electron chi connectivity index (χ0n) is 22.4. The molecule has 0 bridgehead atoms. The third kappa shape index (κ3) is 5.38. The van der Waals surface area contributed by atoms with E-state index in [4.69, 9.17) is 4.74 Å². The molecule has 3 aliphatic rings. The highest BCUT2D eigenvalue weighted by molar-refractivity contribution is 5.89. The number of cyclic esters (lactones) is 1. The van der Waals surface area contributed by atoms with Crippen molar-refractivity contribution in [2.45, 2.75) is 58.2 Å². The first-order valence-corrected chi connectivity index (χ1v) is 13.8. The van der Waals surface area contributed by atoms with E-state index >= 15 is 0 Å². The lowest BCUT2D eigenvalue weighted by Gasteiger charge is -2.41. The molecule has 2 fully saturated rings. The number of benzene rings is 1. The fourth-order valence-electron chi connectivity index (χ4n) is 6.05. The van der Waals surface area contributed by atoms with Crippen molar-refractivity contribution in [1.29, 1.82) is 0 Å². The molecule has 2 aromatic rings. The van der Waals surface area contributed by atoms with Gasteiger partial charge in [0.15, 0.2) is 0 Å². The predicted octanol–water partition coefficient (Wildman–Crippen LogP) is 4.69. The lowest BCUT2D eigenvalue weighted by molar-refractivity contribution is -0.128. The molecule has 1 aromatic heterocycles. The summed E-state index contributed by atoms with van der Waals surface area (Å²) < 4.78 is 5.19. The van der Waals surface area contributed by atoms with Gasteiger partial charge in [0.2, 0.25) is 11.9 Å². The van der Waals surface area contributed by atoms with Crippen LogP contribution in [0.5, 0.6) is 0 Å². The van der Waals surface area contributed by atoms with E-state index in [0.717, 1.165) is 37.3 Å². The van der Waals surface area contributed by atoms with Crippen LogP contribution in [0.2, 0.25) is 0 Å². The SMILES string of the molecule is C=CC(=O)N1CCN(C(c2ccc([C@H](C)Nc3ncc4c(n3)N(CC)C(=O)OC4)cc2)C2CCCC2)CC1. The van der Waals surface area contributed by atoms with Gasteiger partial charge in [0.05, 0.1) is 11.6 Å². The molecule has 1 N–H and O–H groups in total. The van der Waals surface area contributed by atoms with E-state index < -0.39 is 0 Å². The van der Waals surface area contributed by atoms with E-state index in [-0.39, 0.29) is 24.6 Å². The monoisotopic (exact) mass is 518 g/mol. The molecule has 0 radical (unpaired) electrons. The number of hydrogen-bond donors (Lipinski definition) is 1. The highest BCUT2D eigenvalue weighted by Gasteiger charge is 2.33. The van der Waals surface area contributed by atoms with Crippen LogP contribution in [-0.4, -0.2) is 64.5 Å². The van der Waals surface area contributed by atoms with E-state index in [2.05, 4.69) is 58.0 Å². The Morgan fingerprint density at radius 2 is 1.84 bits per heavy atom. The number of fused-ring (bicyclic) bond motifs is 1. The van der Waals surface area contributed by atoms with Crippen LogP contribution in [0, 0.1) is 5.92 Å². The predicted molar refractivity (Wildman–Crippen MR) is 147 cm³/mol. The van der Waals surface area contributed by atoms with Crippen molar-refractivity contribution < 1.29 is 14.3 Å². The average molecular weight is 519 g/mol. The molecule has 9 heteroatoms. The Bertz CT molecular complexity index is 1160. The van der Waals surface area contributed by atoms with Gasteiger partial charge in [-0.25, -0.2) is 9.78 Å². The van der Waals surface area contributed by atoms with Crippen molar-refractivity contribution in [3.8, 4) is 0 Å². The van der Waals surface area contributed by atoms with Crippen molar-refractivity contribution in [3.63, 3.8) is 0 Å². The second-order valence-corrected chi connectivity index (χ2v) is 10.4. The fraction of sp³-hybridized carbons (Fsp3) is 0.517. The summed E-state index contributed by atoms with van der Waals surface area (Å²) in [5.41, 5.74) is 3.30. The van der Waals surface area contributed by atoms with Crippen molar-refractivity contribution in [2.24, 2.45) is 5.92 Å². The zero-order valence-corrected chi connectivity index (χ0v) is 22.4. The number of hydrogen-bond acceptors (Lipinski definition) is 7. The van der Waals surface area contributed by atoms with Crippen LogP contribution in [0.3, 0.4) is 0 Å². The van der Waals surface area contributed by atoms with Gasteiger partial charge in [0.1, 0.15) is 12.4 Å². The molecule has 1 saturated carbocycles. The summed E-state index contributed by atoms with van der Waals surface area (Å²) in [5, 5.41) is 3.40. The Balaban J connectivity index is 1.29. The summed E-state index contributed by atoms with van der Waals surface area (Å²) in [6.45, 7) is 11.6. The fourth-order valence-corrected chi connectivity index (χ4v) is 6.05. The molecule has 2 aliphatic heterocycles. The van der Waals surface area contributed by atoms with E-state index in [9.17, 15) is 9.59 Å². The minimum absolute atomic E-state index is 0.00823. The minimum atomic E-state index is -0.376. The molecule has 1 aliphatic carbocycles. The Kier molecular flexibility index (Phi) is 7.93. The Labute approximate surface area is 224 Å². The molecule has 1 saturated heterocycles. The van der Waals surface area contributed by atoms with Crippen molar-refractivity contribution in [3.05, 3.63) is 59.8 Å². The molecule has 5 rings (SSSR count). The quantitative estimate of drug-likeness (QED) is 0.507. The number of anilines is 2. The van der Waals surface area contributed by atoms with Crippen LogP contribution in [0.4, 0.5) is 16.6 Å². The number of ether oxygens (including phenoxy) is 1. The summed E-state index contributed by atoms with van der Waals surface area (Å²) in [6, 6.07) is 9.28. The lowest BCUT2D eigenvalue weighted by Crippen LogP contribution is -2.50. The lowest BCUT2D eigenvalue weighted by atomic mass is 9.89. The number of nitrogens with one attached hydrogen (secondary N) is 1. The van der Waals surface area contributed by atoms with Crippen LogP contribution < -0.4 is 10.2 Å². The first-order valence-electron chi connectivity index (χ1n) is 13.8. The summed E-state index contributed by atoms with van der Waals surface area (Å²) in [4.78, 5) is 39.3. The Morgan fingerprint density at radius 1 is 1.16 bits per heavy atom. The molecule has 2 amide bonds. The number of piperazine rings is 1. The average Bonchev–Trinajstić information content (AvgIpc) is 3.48. The van der Waals surface area contributed by atoms with Crippen LogP contribution in [-0.2, 0) is 16.1 Å². The molecule has 2 atom stereocenters. The summed E-state index contributed by atoms with van der Waals surface area (Å²) in [7, 11) is 0. The number of aromatic nitrogens is 2. The smallest absolute Gasteiger partial charge is 0.415 e. The van der Waals surface area contributed by atoms with Gasteiger partial charge in [-0.2, -0.15) is 4.98 Å². The maximum Gasteiger partial charge on any atom is 0.415 e. The third-order valence-corrected chi connectivity index (χ3v) is 8.15. The van der Waals surface area contributed by atoms with Crippen LogP contribution in [0.25, 0.3) is 0 Å². The normalized spacial score (nSPS) is 20.0. The van der Waals surface area contributed by atoms with Gasteiger partial charge < -0.3 is 15.0 Å². The Morgan fingerprint density at radius 3 is 2.50 bits per heavy atom. The topological polar surface area (TPSA) is 90.9 Å². The highest BCUT2D eigenvalue weighted by atomic mass is 16.6. The van der Waals surface area contributed by atoms with Crippen molar-refractivity contribution in [2.75, 3.05) is 42.9 Å². The molecule has 0 spiro atoms. The van der Waals surface area contributed by atoms with Gasteiger partial charge in [-0.3, -0.25) is 14.6 Å². The molecular formula is C29H38N6O3. The van der Waals surface area contributed by atoms with Gasteiger partial charge in [0.25, 0.3) is 0 Å². The second-order valence-electron chi connectivity index (χ2n) is 10.4. The Hall–Kier alpha value is -3.46. The molecule has 3 heterocycles.